The Bertz CT molecular complexity index is 847. The van der Waals surface area contributed by atoms with Crippen molar-refractivity contribution < 1.29 is 19.1 Å². The summed E-state index contributed by atoms with van der Waals surface area (Å²) in [5.74, 6) is -0.618. The highest BCUT2D eigenvalue weighted by Gasteiger charge is 2.44. The molecule has 6 heteroatoms. The maximum atomic E-state index is 13.0. The molecule has 1 aliphatic heterocycles. The van der Waals surface area contributed by atoms with Crippen LogP contribution in [0.3, 0.4) is 0 Å². The van der Waals surface area contributed by atoms with Crippen molar-refractivity contribution in [3.8, 4) is 0 Å². The smallest absolute Gasteiger partial charge is 0.340 e. The number of carbonyl (C=O) groups is 2. The van der Waals surface area contributed by atoms with Gasteiger partial charge in [0.1, 0.15) is 11.3 Å². The number of ketones is 1. The number of ether oxygens (including phenoxy) is 2. The van der Waals surface area contributed by atoms with E-state index in [9.17, 15) is 9.59 Å². The molecule has 1 atom stereocenters. The molecule has 144 valence electrons. The van der Waals surface area contributed by atoms with Gasteiger partial charge in [0, 0.05) is 38.2 Å². The number of rotatable bonds is 3. The largest absolute Gasteiger partial charge is 0.465 e. The maximum Gasteiger partial charge on any atom is 0.340 e. The van der Waals surface area contributed by atoms with Crippen molar-refractivity contribution in [2.45, 2.75) is 32.6 Å². The quantitative estimate of drug-likeness (QED) is 0.824. The van der Waals surface area contributed by atoms with Gasteiger partial charge in [0.15, 0.2) is 5.78 Å². The summed E-state index contributed by atoms with van der Waals surface area (Å²) in [4.78, 5) is 27.5. The second kappa shape index (κ2) is 6.76. The molecule has 0 saturated carbocycles. The van der Waals surface area contributed by atoms with Crippen LogP contribution >= 0.6 is 0 Å². The van der Waals surface area contributed by atoms with Crippen LogP contribution in [0.15, 0.2) is 47.1 Å². The van der Waals surface area contributed by atoms with E-state index in [1.807, 2.05) is 57.1 Å². The van der Waals surface area contributed by atoms with Crippen LogP contribution in [0.2, 0.25) is 0 Å². The number of methoxy groups -OCH3 is 1. The van der Waals surface area contributed by atoms with E-state index in [4.69, 9.17) is 15.2 Å². The number of nitrogens with zero attached hydrogens (tertiary/aromatic N) is 1. The zero-order chi connectivity index (χ0) is 19.9. The van der Waals surface area contributed by atoms with Crippen molar-refractivity contribution in [3.05, 3.63) is 52.6 Å². The Balaban J connectivity index is 2.16. The van der Waals surface area contributed by atoms with Gasteiger partial charge in [-0.1, -0.05) is 26.0 Å². The van der Waals surface area contributed by atoms with Gasteiger partial charge < -0.3 is 20.1 Å². The first kappa shape index (κ1) is 19.0. The molecular weight excluding hydrogens is 344 g/mol. The Labute approximate surface area is 159 Å². The Kier molecular flexibility index (Phi) is 4.76. The second-order valence-electron chi connectivity index (χ2n) is 8.07. The first-order valence-electron chi connectivity index (χ1n) is 8.94. The maximum absolute atomic E-state index is 13.0. The number of nitrogens with two attached hydrogens (primary N) is 1. The number of anilines is 1. The summed E-state index contributed by atoms with van der Waals surface area (Å²) in [6.45, 7) is 4.04. The van der Waals surface area contributed by atoms with E-state index in [1.54, 1.807) is 0 Å². The molecule has 0 aromatic heterocycles. The molecule has 1 aromatic rings. The average Bonchev–Trinajstić information content (AvgIpc) is 2.58. The number of carbonyl (C=O) groups excluding carboxylic acids is 2. The van der Waals surface area contributed by atoms with Crippen LogP contribution in [-0.2, 0) is 19.1 Å². The number of hydrogen-bond donors (Lipinski definition) is 1. The Morgan fingerprint density at radius 3 is 2.41 bits per heavy atom. The number of benzene rings is 1. The first-order valence-corrected chi connectivity index (χ1v) is 8.94. The minimum atomic E-state index is -0.585. The Morgan fingerprint density at radius 1 is 1.22 bits per heavy atom. The average molecular weight is 370 g/mol. The third kappa shape index (κ3) is 3.44. The second-order valence-corrected chi connectivity index (χ2v) is 8.07. The monoisotopic (exact) mass is 370 g/mol. The standard InChI is InChI=1S/C21H26N2O4/c1-21(2)10-14(24)17-15(11-21)27-19(22)18(20(25)26-5)16(17)12-6-8-13(9-7-12)23(3)4/h6-9,16H,10-11,22H2,1-5H3. The van der Waals surface area contributed by atoms with Crippen molar-refractivity contribution in [3.63, 3.8) is 0 Å². The molecule has 1 aromatic carbocycles. The van der Waals surface area contributed by atoms with E-state index in [0.29, 0.717) is 24.2 Å². The van der Waals surface area contributed by atoms with E-state index < -0.39 is 11.9 Å². The molecule has 0 bridgehead atoms. The third-order valence-electron chi connectivity index (χ3n) is 5.10. The zero-order valence-corrected chi connectivity index (χ0v) is 16.5. The minimum Gasteiger partial charge on any atom is -0.465 e. The van der Waals surface area contributed by atoms with Gasteiger partial charge in [-0.25, -0.2) is 4.79 Å². The number of Topliss-reactive ketones (excluding diaryl/α,β-unsaturated/α-hetero) is 1. The van der Waals surface area contributed by atoms with Crippen molar-refractivity contribution in [2.75, 3.05) is 26.1 Å². The number of esters is 1. The van der Waals surface area contributed by atoms with Crippen LogP contribution in [-0.4, -0.2) is 33.0 Å². The molecule has 2 N–H and O–H groups in total. The van der Waals surface area contributed by atoms with Crippen LogP contribution < -0.4 is 10.6 Å². The predicted molar refractivity (Wildman–Crippen MR) is 103 cm³/mol. The molecule has 3 rings (SSSR count). The van der Waals surface area contributed by atoms with Crippen molar-refractivity contribution in [1.29, 1.82) is 0 Å². The van der Waals surface area contributed by atoms with Crippen LogP contribution in [0.1, 0.15) is 38.2 Å². The molecule has 2 aliphatic rings. The number of hydrogen-bond acceptors (Lipinski definition) is 6. The van der Waals surface area contributed by atoms with E-state index in [2.05, 4.69) is 0 Å². The van der Waals surface area contributed by atoms with Gasteiger partial charge in [0.05, 0.1) is 13.0 Å². The molecule has 0 spiro atoms. The van der Waals surface area contributed by atoms with Gasteiger partial charge in [0.2, 0.25) is 5.88 Å². The Hall–Kier alpha value is -2.76. The van der Waals surface area contributed by atoms with Crippen molar-refractivity contribution in [1.82, 2.24) is 0 Å². The highest BCUT2D eigenvalue weighted by molar-refractivity contribution is 6.03. The highest BCUT2D eigenvalue weighted by atomic mass is 16.5. The van der Waals surface area contributed by atoms with E-state index in [0.717, 1.165) is 11.3 Å². The third-order valence-corrected chi connectivity index (χ3v) is 5.10. The van der Waals surface area contributed by atoms with E-state index in [1.165, 1.54) is 7.11 Å². The van der Waals surface area contributed by atoms with Gasteiger partial charge in [-0.3, -0.25) is 4.79 Å². The molecular formula is C21H26N2O4. The summed E-state index contributed by atoms with van der Waals surface area (Å²) >= 11 is 0. The lowest BCUT2D eigenvalue weighted by Gasteiger charge is -2.37. The lowest BCUT2D eigenvalue weighted by atomic mass is 9.70. The van der Waals surface area contributed by atoms with Crippen molar-refractivity contribution in [2.24, 2.45) is 11.1 Å². The fourth-order valence-electron chi connectivity index (χ4n) is 3.79. The number of allylic oxidation sites excluding steroid dienone is 2. The summed E-state index contributed by atoms with van der Waals surface area (Å²) < 4.78 is 10.7. The molecule has 0 fully saturated rings. The summed E-state index contributed by atoms with van der Waals surface area (Å²) in [5.41, 5.74) is 8.43. The van der Waals surface area contributed by atoms with Crippen LogP contribution in [0.5, 0.6) is 0 Å². The lowest BCUT2D eigenvalue weighted by Crippen LogP contribution is -2.35. The van der Waals surface area contributed by atoms with Crippen LogP contribution in [0.4, 0.5) is 5.69 Å². The topological polar surface area (TPSA) is 81.9 Å². The van der Waals surface area contributed by atoms with Gasteiger partial charge >= 0.3 is 5.97 Å². The lowest BCUT2D eigenvalue weighted by molar-refractivity contribution is -0.136. The molecule has 0 saturated heterocycles. The van der Waals surface area contributed by atoms with Gasteiger partial charge in [-0.15, -0.1) is 0 Å². The molecule has 6 nitrogen and oxygen atoms in total. The van der Waals surface area contributed by atoms with Crippen LogP contribution in [0.25, 0.3) is 0 Å². The molecule has 27 heavy (non-hydrogen) atoms. The molecule has 0 radical (unpaired) electrons. The fourth-order valence-corrected chi connectivity index (χ4v) is 3.79. The van der Waals surface area contributed by atoms with Gasteiger partial charge in [-0.2, -0.15) is 0 Å². The van der Waals surface area contributed by atoms with Crippen LogP contribution in [0, 0.1) is 5.41 Å². The SMILES string of the molecule is COC(=O)C1=C(N)OC2=C(C(=O)CC(C)(C)C2)C1c1ccc(N(C)C)cc1. The van der Waals surface area contributed by atoms with E-state index in [-0.39, 0.29) is 22.7 Å². The summed E-state index contributed by atoms with van der Waals surface area (Å²) in [6, 6.07) is 7.74. The Morgan fingerprint density at radius 2 is 1.85 bits per heavy atom. The zero-order valence-electron chi connectivity index (χ0n) is 16.5. The first-order chi connectivity index (χ1) is 12.6. The highest BCUT2D eigenvalue weighted by Crippen LogP contribution is 2.48. The summed E-state index contributed by atoms with van der Waals surface area (Å²) in [6.07, 6.45) is 0.991. The van der Waals surface area contributed by atoms with Gasteiger partial charge in [0.25, 0.3) is 0 Å². The minimum absolute atomic E-state index is 0.00721. The normalized spacial score (nSPS) is 21.5. The van der Waals surface area contributed by atoms with Gasteiger partial charge in [-0.05, 0) is 23.1 Å². The van der Waals surface area contributed by atoms with Crippen molar-refractivity contribution >= 4 is 17.4 Å². The van der Waals surface area contributed by atoms with E-state index >= 15 is 0 Å². The molecule has 1 unspecified atom stereocenters. The predicted octanol–water partition coefficient (Wildman–Crippen LogP) is 2.85. The fraction of sp³-hybridized carbons (Fsp3) is 0.429. The molecule has 0 amide bonds. The summed E-state index contributed by atoms with van der Waals surface area (Å²) in [7, 11) is 5.20. The molecule has 1 heterocycles. The summed E-state index contributed by atoms with van der Waals surface area (Å²) in [5, 5.41) is 0. The molecule has 1 aliphatic carbocycles.